The quantitative estimate of drug-likeness (QED) is 0.446. The minimum Gasteiger partial charge on any atom is -0.356 e. The number of benzene rings is 1. The van der Waals surface area contributed by atoms with Gasteiger partial charge in [-0.05, 0) is 30.7 Å². The first-order chi connectivity index (χ1) is 15.0. The van der Waals surface area contributed by atoms with Gasteiger partial charge in [0.1, 0.15) is 5.82 Å². The molecule has 1 unspecified atom stereocenters. The summed E-state index contributed by atoms with van der Waals surface area (Å²) in [7, 11) is 1.77. The van der Waals surface area contributed by atoms with E-state index < -0.39 is 0 Å². The SMILES string of the molecule is CN=C(NCCc1nc(-c2ccc(Cl)cc2)no1)NC1CCc2nc(C(C)C)nn2C1. The molecule has 0 aliphatic carbocycles. The molecule has 1 aliphatic heterocycles. The number of guanidine groups is 1. The highest BCUT2D eigenvalue weighted by Gasteiger charge is 2.23. The smallest absolute Gasteiger partial charge is 0.228 e. The Morgan fingerprint density at radius 3 is 2.84 bits per heavy atom. The zero-order chi connectivity index (χ0) is 21.8. The summed E-state index contributed by atoms with van der Waals surface area (Å²) in [4.78, 5) is 13.4. The van der Waals surface area contributed by atoms with E-state index in [0.717, 1.165) is 42.6 Å². The minimum absolute atomic E-state index is 0.250. The summed E-state index contributed by atoms with van der Waals surface area (Å²) in [5.41, 5.74) is 0.871. The van der Waals surface area contributed by atoms with Crippen molar-refractivity contribution in [2.75, 3.05) is 13.6 Å². The topological polar surface area (TPSA) is 106 Å². The number of aliphatic imine (C=N–C) groups is 1. The summed E-state index contributed by atoms with van der Waals surface area (Å²) in [5, 5.41) is 16.2. The molecule has 2 N–H and O–H groups in total. The zero-order valence-corrected chi connectivity index (χ0v) is 18.7. The maximum Gasteiger partial charge on any atom is 0.228 e. The number of hydrogen-bond donors (Lipinski definition) is 2. The molecule has 0 saturated heterocycles. The maximum atomic E-state index is 5.93. The van der Waals surface area contributed by atoms with Crippen LogP contribution in [0.3, 0.4) is 0 Å². The number of fused-ring (bicyclic) bond motifs is 1. The third-order valence-corrected chi connectivity index (χ3v) is 5.41. The second kappa shape index (κ2) is 9.47. The number of nitrogens with zero attached hydrogens (tertiary/aromatic N) is 6. The lowest BCUT2D eigenvalue weighted by Gasteiger charge is -2.25. The van der Waals surface area contributed by atoms with Gasteiger partial charge in [-0.1, -0.05) is 30.6 Å². The summed E-state index contributed by atoms with van der Waals surface area (Å²) in [6, 6.07) is 7.61. The largest absolute Gasteiger partial charge is 0.356 e. The Morgan fingerprint density at radius 1 is 1.29 bits per heavy atom. The van der Waals surface area contributed by atoms with Crippen LogP contribution in [0, 0.1) is 0 Å². The normalized spacial score (nSPS) is 16.4. The van der Waals surface area contributed by atoms with Gasteiger partial charge in [-0.25, -0.2) is 9.67 Å². The third-order valence-electron chi connectivity index (χ3n) is 5.16. The Hall–Kier alpha value is -2.94. The van der Waals surface area contributed by atoms with Crippen molar-refractivity contribution in [2.24, 2.45) is 4.99 Å². The maximum absolute atomic E-state index is 5.93. The molecule has 31 heavy (non-hydrogen) atoms. The van der Waals surface area contributed by atoms with E-state index in [-0.39, 0.29) is 6.04 Å². The molecule has 1 aliphatic rings. The zero-order valence-electron chi connectivity index (χ0n) is 18.0. The molecular weight excluding hydrogens is 416 g/mol. The molecule has 0 amide bonds. The average molecular weight is 443 g/mol. The molecule has 0 radical (unpaired) electrons. The van der Waals surface area contributed by atoms with Gasteiger partial charge < -0.3 is 15.2 Å². The molecule has 4 rings (SSSR count). The second-order valence-corrected chi connectivity index (χ2v) is 8.31. The minimum atomic E-state index is 0.250. The van der Waals surface area contributed by atoms with Crippen molar-refractivity contribution >= 4 is 17.6 Å². The molecule has 3 aromatic rings. The third kappa shape index (κ3) is 5.22. The van der Waals surface area contributed by atoms with Gasteiger partial charge in [0.25, 0.3) is 0 Å². The van der Waals surface area contributed by atoms with Crippen LogP contribution >= 0.6 is 11.6 Å². The van der Waals surface area contributed by atoms with Gasteiger partial charge in [-0.3, -0.25) is 4.99 Å². The molecule has 0 bridgehead atoms. The molecule has 1 aromatic carbocycles. The number of aromatic nitrogens is 5. The first-order valence-corrected chi connectivity index (χ1v) is 10.9. The van der Waals surface area contributed by atoms with Gasteiger partial charge in [0.2, 0.25) is 11.7 Å². The van der Waals surface area contributed by atoms with Crippen molar-refractivity contribution in [1.29, 1.82) is 0 Å². The molecule has 0 spiro atoms. The van der Waals surface area contributed by atoms with E-state index in [1.807, 2.05) is 16.8 Å². The molecule has 9 nitrogen and oxygen atoms in total. The fourth-order valence-electron chi connectivity index (χ4n) is 3.44. The van der Waals surface area contributed by atoms with Gasteiger partial charge >= 0.3 is 0 Å². The first-order valence-electron chi connectivity index (χ1n) is 10.5. The van der Waals surface area contributed by atoms with E-state index in [9.17, 15) is 0 Å². The summed E-state index contributed by atoms with van der Waals surface area (Å²) in [6.07, 6.45) is 2.49. The summed E-state index contributed by atoms with van der Waals surface area (Å²) in [5.74, 6) is 4.19. The van der Waals surface area contributed by atoms with Crippen molar-refractivity contribution in [2.45, 2.75) is 51.6 Å². The summed E-state index contributed by atoms with van der Waals surface area (Å²) < 4.78 is 7.38. The number of rotatable bonds is 6. The van der Waals surface area contributed by atoms with E-state index >= 15 is 0 Å². The highest BCUT2D eigenvalue weighted by molar-refractivity contribution is 6.30. The second-order valence-electron chi connectivity index (χ2n) is 7.87. The predicted octanol–water partition coefficient (Wildman–Crippen LogP) is 2.83. The summed E-state index contributed by atoms with van der Waals surface area (Å²) in [6.45, 7) is 5.64. The van der Waals surface area contributed by atoms with Gasteiger partial charge in [0.15, 0.2) is 11.8 Å². The Bertz CT molecular complexity index is 1040. The lowest BCUT2D eigenvalue weighted by molar-refractivity contribution is 0.377. The van der Waals surface area contributed by atoms with E-state index in [0.29, 0.717) is 35.6 Å². The van der Waals surface area contributed by atoms with Crippen molar-refractivity contribution in [3.05, 3.63) is 46.8 Å². The molecule has 2 aromatic heterocycles. The fraction of sp³-hybridized carbons (Fsp3) is 0.476. The van der Waals surface area contributed by atoms with Crippen LogP contribution in [-0.4, -0.2) is 50.5 Å². The number of hydrogen-bond acceptors (Lipinski definition) is 6. The van der Waals surface area contributed by atoms with Gasteiger partial charge in [0, 0.05) is 49.0 Å². The van der Waals surface area contributed by atoms with Gasteiger partial charge in [0.05, 0.1) is 6.54 Å². The van der Waals surface area contributed by atoms with Crippen molar-refractivity contribution in [3.8, 4) is 11.4 Å². The molecule has 10 heteroatoms. The van der Waals surface area contributed by atoms with Crippen LogP contribution in [-0.2, 0) is 19.4 Å². The van der Waals surface area contributed by atoms with Crippen LogP contribution in [0.2, 0.25) is 5.02 Å². The van der Waals surface area contributed by atoms with E-state index in [1.54, 1.807) is 19.2 Å². The molecule has 0 saturated carbocycles. The average Bonchev–Trinajstić information content (AvgIpc) is 3.40. The van der Waals surface area contributed by atoms with Crippen LogP contribution in [0.1, 0.15) is 43.7 Å². The van der Waals surface area contributed by atoms with E-state index in [1.165, 1.54) is 0 Å². The van der Waals surface area contributed by atoms with Crippen molar-refractivity contribution in [3.63, 3.8) is 0 Å². The number of halogens is 1. The fourth-order valence-corrected chi connectivity index (χ4v) is 3.57. The van der Waals surface area contributed by atoms with E-state index in [2.05, 4.69) is 49.7 Å². The van der Waals surface area contributed by atoms with Crippen LogP contribution in [0.15, 0.2) is 33.8 Å². The standard InChI is InChI=1S/C21H27ClN8O/c1-13(2)19-26-17-9-8-16(12-30(17)28-19)25-21(23-3)24-11-10-18-27-20(29-31-18)14-4-6-15(22)7-5-14/h4-7,13,16H,8-12H2,1-3H3,(H2,23,24,25). The Morgan fingerprint density at radius 2 is 2.10 bits per heavy atom. The van der Waals surface area contributed by atoms with E-state index in [4.69, 9.17) is 16.1 Å². The van der Waals surface area contributed by atoms with Crippen LogP contribution in [0.4, 0.5) is 0 Å². The number of nitrogens with one attached hydrogen (secondary N) is 2. The first kappa shape index (κ1) is 21.3. The van der Waals surface area contributed by atoms with Crippen LogP contribution in [0.5, 0.6) is 0 Å². The van der Waals surface area contributed by atoms with Gasteiger partial charge in [-0.15, -0.1) is 0 Å². The van der Waals surface area contributed by atoms with Crippen molar-refractivity contribution < 1.29 is 4.52 Å². The molecule has 1 atom stereocenters. The highest BCUT2D eigenvalue weighted by Crippen LogP contribution is 2.19. The highest BCUT2D eigenvalue weighted by atomic mass is 35.5. The predicted molar refractivity (Wildman–Crippen MR) is 119 cm³/mol. The lowest BCUT2D eigenvalue weighted by atomic mass is 10.1. The van der Waals surface area contributed by atoms with Gasteiger partial charge in [-0.2, -0.15) is 10.1 Å². The lowest BCUT2D eigenvalue weighted by Crippen LogP contribution is -2.47. The molecule has 3 heterocycles. The Labute approximate surface area is 186 Å². The molecule has 164 valence electrons. The molecular formula is C21H27ClN8O. The Balaban J connectivity index is 1.27. The van der Waals surface area contributed by atoms with Crippen LogP contribution in [0.25, 0.3) is 11.4 Å². The van der Waals surface area contributed by atoms with Crippen LogP contribution < -0.4 is 10.6 Å². The monoisotopic (exact) mass is 442 g/mol. The Kier molecular flexibility index (Phi) is 6.50. The summed E-state index contributed by atoms with van der Waals surface area (Å²) >= 11 is 5.93. The molecule has 0 fully saturated rings. The van der Waals surface area contributed by atoms with Crippen molar-refractivity contribution in [1.82, 2.24) is 35.5 Å². The number of aryl methyl sites for hydroxylation is 1.